The van der Waals surface area contributed by atoms with Gasteiger partial charge in [-0.25, -0.2) is 4.79 Å². The molecule has 0 saturated carbocycles. The number of hydrogen-bond donors (Lipinski definition) is 3. The molecule has 108 valence electrons. The van der Waals surface area contributed by atoms with Crippen LogP contribution in [0, 0.1) is 0 Å². The molecule has 0 aliphatic carbocycles. The van der Waals surface area contributed by atoms with Gasteiger partial charge in [0, 0.05) is 22.4 Å². The number of rotatable bonds is 1. The Morgan fingerprint density at radius 2 is 1.71 bits per heavy atom. The highest BCUT2D eigenvalue weighted by Gasteiger charge is 2.30. The highest BCUT2D eigenvalue weighted by Crippen LogP contribution is 2.55. The zero-order valence-corrected chi connectivity index (χ0v) is 12.2. The lowest BCUT2D eigenvalue weighted by atomic mass is 10.2. The van der Waals surface area contributed by atoms with Crippen molar-refractivity contribution in [3.63, 3.8) is 0 Å². The summed E-state index contributed by atoms with van der Waals surface area (Å²) in [6.45, 7) is 0. The van der Waals surface area contributed by atoms with Gasteiger partial charge >= 0.3 is 6.03 Å². The van der Waals surface area contributed by atoms with Gasteiger partial charge in [0.25, 0.3) is 0 Å². The molecule has 1 aliphatic rings. The van der Waals surface area contributed by atoms with E-state index in [0.717, 1.165) is 10.5 Å². The van der Waals surface area contributed by atoms with Gasteiger partial charge in [-0.3, -0.25) is 5.32 Å². The van der Waals surface area contributed by atoms with Crippen LogP contribution in [-0.4, -0.2) is 22.7 Å². The number of amidine groups is 1. The van der Waals surface area contributed by atoms with Crippen molar-refractivity contribution in [2.75, 3.05) is 11.6 Å². The molecule has 0 saturated heterocycles. The van der Waals surface area contributed by atoms with E-state index in [1.807, 2.05) is 42.5 Å². The number of hydrogen-bond acceptors (Lipinski definition) is 3. The van der Waals surface area contributed by atoms with Crippen LogP contribution in [0.5, 0.6) is 0 Å². The minimum absolute atomic E-state index is 0.383. The van der Waals surface area contributed by atoms with Crippen LogP contribution in [0.2, 0.25) is 0 Å². The zero-order valence-electron chi connectivity index (χ0n) is 11.4. The fraction of sp³-hybridized carbons (Fsp3) is 0.0667. The van der Waals surface area contributed by atoms with E-state index in [4.69, 9.17) is 0 Å². The molecule has 0 aromatic heterocycles. The first-order valence-corrected chi connectivity index (χ1v) is 8.35. The van der Waals surface area contributed by atoms with E-state index in [2.05, 4.69) is 15.0 Å². The van der Waals surface area contributed by atoms with Crippen molar-refractivity contribution in [3.8, 4) is 0 Å². The summed E-state index contributed by atoms with van der Waals surface area (Å²) in [5.41, 5.74) is 1.46. The molecule has 1 heterocycles. The van der Waals surface area contributed by atoms with Crippen molar-refractivity contribution in [1.29, 1.82) is 0 Å². The predicted octanol–water partition coefficient (Wildman–Crippen LogP) is 3.45. The zero-order chi connectivity index (χ0) is 14.9. The van der Waals surface area contributed by atoms with Gasteiger partial charge < -0.3 is 9.87 Å². The largest absolute Gasteiger partial charge is 0.328 e. The van der Waals surface area contributed by atoms with Crippen LogP contribution < -0.4 is 10.6 Å². The second-order valence-electron chi connectivity index (χ2n) is 4.71. The van der Waals surface area contributed by atoms with Gasteiger partial charge in [0.15, 0.2) is 5.84 Å². The molecular formula is C15H15N3O2S. The second kappa shape index (κ2) is 5.23. The SMILES string of the molecule is CS1(O)N=C(NC(=O)Nc2ccccc2)c2ccccc21. The molecule has 1 aliphatic heterocycles. The maximum Gasteiger partial charge on any atom is 0.324 e. The summed E-state index contributed by atoms with van der Waals surface area (Å²) < 4.78 is 14.6. The molecule has 1 unspecified atom stereocenters. The summed E-state index contributed by atoms with van der Waals surface area (Å²) in [7, 11) is -2.23. The molecule has 0 bridgehead atoms. The minimum atomic E-state index is -2.23. The van der Waals surface area contributed by atoms with Crippen molar-refractivity contribution in [2.45, 2.75) is 4.90 Å². The Bertz CT molecular complexity index is 714. The molecule has 2 aromatic rings. The molecule has 2 aromatic carbocycles. The smallest absolute Gasteiger partial charge is 0.324 e. The fourth-order valence-electron chi connectivity index (χ4n) is 2.16. The molecule has 6 heteroatoms. The Kier molecular flexibility index (Phi) is 3.40. The summed E-state index contributed by atoms with van der Waals surface area (Å²) in [4.78, 5) is 12.8. The molecule has 2 amide bonds. The van der Waals surface area contributed by atoms with E-state index in [-0.39, 0.29) is 6.03 Å². The number of carbonyl (C=O) groups is 1. The highest BCUT2D eigenvalue weighted by molar-refractivity contribution is 8.27. The van der Waals surface area contributed by atoms with Crippen LogP contribution in [0.4, 0.5) is 10.5 Å². The van der Waals surface area contributed by atoms with Gasteiger partial charge in [0.2, 0.25) is 0 Å². The van der Waals surface area contributed by atoms with Crippen LogP contribution >= 0.6 is 10.5 Å². The Balaban J connectivity index is 1.78. The molecule has 1 atom stereocenters. The van der Waals surface area contributed by atoms with Crippen molar-refractivity contribution >= 4 is 28.0 Å². The number of nitrogens with one attached hydrogen (secondary N) is 2. The molecule has 3 N–H and O–H groups in total. The molecule has 0 fully saturated rings. The number of anilines is 1. The first-order chi connectivity index (χ1) is 10.1. The molecule has 0 spiro atoms. The Labute approximate surface area is 124 Å². The van der Waals surface area contributed by atoms with E-state index < -0.39 is 10.5 Å². The van der Waals surface area contributed by atoms with Crippen molar-refractivity contribution in [3.05, 3.63) is 60.2 Å². The summed E-state index contributed by atoms with van der Waals surface area (Å²) >= 11 is 0. The molecular weight excluding hydrogens is 286 g/mol. The lowest BCUT2D eigenvalue weighted by Crippen LogP contribution is -2.34. The number of benzene rings is 2. The minimum Gasteiger partial charge on any atom is -0.328 e. The average molecular weight is 301 g/mol. The molecule has 5 nitrogen and oxygen atoms in total. The van der Waals surface area contributed by atoms with E-state index in [1.54, 1.807) is 18.4 Å². The van der Waals surface area contributed by atoms with Crippen molar-refractivity contribution in [2.24, 2.45) is 4.40 Å². The van der Waals surface area contributed by atoms with E-state index in [0.29, 0.717) is 11.5 Å². The van der Waals surface area contributed by atoms with Gasteiger partial charge in [0.1, 0.15) is 0 Å². The highest BCUT2D eigenvalue weighted by atomic mass is 32.3. The third-order valence-corrected chi connectivity index (χ3v) is 4.82. The number of carbonyl (C=O) groups excluding carboxylic acids is 1. The predicted molar refractivity (Wildman–Crippen MR) is 86.0 cm³/mol. The van der Waals surface area contributed by atoms with Crippen molar-refractivity contribution in [1.82, 2.24) is 5.32 Å². The van der Waals surface area contributed by atoms with Crippen LogP contribution in [-0.2, 0) is 0 Å². The normalized spacial score (nSPS) is 22.7. The van der Waals surface area contributed by atoms with Crippen LogP contribution in [0.1, 0.15) is 5.56 Å². The Hall–Kier alpha value is -2.31. The first-order valence-electron chi connectivity index (χ1n) is 6.39. The summed E-state index contributed by atoms with van der Waals surface area (Å²) in [6.07, 6.45) is 1.68. The number of fused-ring (bicyclic) bond motifs is 1. The molecule has 3 rings (SSSR count). The summed E-state index contributed by atoms with van der Waals surface area (Å²) in [5.74, 6) is 0.402. The van der Waals surface area contributed by atoms with E-state index in [9.17, 15) is 9.35 Å². The number of nitrogens with zero attached hydrogens (tertiary/aromatic N) is 1. The third-order valence-electron chi connectivity index (χ3n) is 3.09. The van der Waals surface area contributed by atoms with Gasteiger partial charge in [-0.1, -0.05) is 36.4 Å². The standard InChI is InChI=1S/C15H15N3O2S/c1-21(20)13-10-6-5-9-12(13)14(18-21)17-15(19)16-11-7-3-2-4-8-11/h2-10,20H,1H3,(H2,16,17,18,19). The number of urea groups is 1. The number of amides is 2. The van der Waals surface area contributed by atoms with Crippen LogP contribution in [0.3, 0.4) is 0 Å². The Morgan fingerprint density at radius 1 is 1.05 bits per heavy atom. The summed E-state index contributed by atoms with van der Waals surface area (Å²) in [5, 5.41) is 5.42. The monoisotopic (exact) mass is 301 g/mol. The molecule has 21 heavy (non-hydrogen) atoms. The maximum absolute atomic E-state index is 12.0. The lowest BCUT2D eigenvalue weighted by molar-refractivity contribution is 0.256. The van der Waals surface area contributed by atoms with Gasteiger partial charge in [-0.05, 0) is 28.7 Å². The van der Waals surface area contributed by atoms with Gasteiger partial charge in [-0.2, -0.15) is 4.40 Å². The van der Waals surface area contributed by atoms with E-state index >= 15 is 0 Å². The fourth-order valence-corrected chi connectivity index (χ4v) is 3.67. The topological polar surface area (TPSA) is 73.7 Å². The second-order valence-corrected chi connectivity index (χ2v) is 7.00. The maximum atomic E-state index is 12.0. The van der Waals surface area contributed by atoms with Crippen LogP contribution in [0.15, 0.2) is 63.9 Å². The molecule has 0 radical (unpaired) electrons. The summed E-state index contributed by atoms with van der Waals surface area (Å²) in [6, 6.07) is 16.1. The van der Waals surface area contributed by atoms with Gasteiger partial charge in [0.05, 0.1) is 0 Å². The average Bonchev–Trinajstić information content (AvgIpc) is 2.72. The van der Waals surface area contributed by atoms with Gasteiger partial charge in [-0.15, -0.1) is 0 Å². The Morgan fingerprint density at radius 3 is 2.48 bits per heavy atom. The lowest BCUT2D eigenvalue weighted by Gasteiger charge is -2.19. The first kappa shape index (κ1) is 13.7. The van der Waals surface area contributed by atoms with E-state index in [1.165, 1.54) is 0 Å². The van der Waals surface area contributed by atoms with Crippen LogP contribution in [0.25, 0.3) is 0 Å². The third kappa shape index (κ3) is 2.76. The van der Waals surface area contributed by atoms with Crippen molar-refractivity contribution < 1.29 is 9.35 Å². The number of para-hydroxylation sites is 1. The quantitative estimate of drug-likeness (QED) is 0.754.